The fraction of sp³-hybridized carbons (Fsp3) is 0.206. The first-order chi connectivity index (χ1) is 20.6. The Hall–Kier alpha value is -5.49. The van der Waals surface area contributed by atoms with Crippen LogP contribution in [-0.2, 0) is 0 Å². The number of nitrogens with zero attached hydrogens (tertiary/aromatic N) is 2. The van der Waals surface area contributed by atoms with Crippen LogP contribution in [-0.4, -0.2) is 25.0 Å². The summed E-state index contributed by atoms with van der Waals surface area (Å²) in [6, 6.07) is 20.0. The Labute approximate surface area is 247 Å². The molecule has 0 saturated heterocycles. The number of hydrogen-bond acceptors (Lipinski definition) is 4. The largest absolute Gasteiger partial charge is 0.443 e. The standard InChI is InChI=1S/C34H32N6O3/c1-17-7-11-23(12-8-17)30-28(32(41)38-36-30)27(29-31(37-39-33(29)42)24-13-9-18(2)10-14-24)25-15-19(3)40(21(25)5)34-26(16-35)20(4)22(6)43-34/h7-15,27H,1-6H3,(H2,36,38,41)(H2,37,39,42). The molecule has 6 rings (SSSR count). The van der Waals surface area contributed by atoms with E-state index >= 15 is 0 Å². The number of nitriles is 1. The van der Waals surface area contributed by atoms with Gasteiger partial charge in [-0.15, -0.1) is 0 Å². The molecule has 0 atom stereocenters. The Bertz CT molecular complexity index is 2040. The number of aromatic nitrogens is 5. The Morgan fingerprint density at radius 3 is 1.70 bits per heavy atom. The second kappa shape index (κ2) is 10.4. The van der Waals surface area contributed by atoms with Crippen molar-refractivity contribution in [1.82, 2.24) is 25.0 Å². The smallest absolute Gasteiger partial charge is 0.268 e. The molecule has 0 unspecified atom stereocenters. The molecule has 4 heterocycles. The number of nitrogens with one attached hydrogen (secondary N) is 4. The molecule has 0 aliphatic heterocycles. The molecule has 0 aliphatic rings. The zero-order valence-electron chi connectivity index (χ0n) is 24.9. The van der Waals surface area contributed by atoms with Gasteiger partial charge in [-0.1, -0.05) is 59.7 Å². The minimum Gasteiger partial charge on any atom is -0.443 e. The van der Waals surface area contributed by atoms with Gasteiger partial charge in [-0.3, -0.25) is 34.6 Å². The number of aryl methyl sites for hydroxylation is 4. The lowest BCUT2D eigenvalue weighted by atomic mass is 9.83. The summed E-state index contributed by atoms with van der Waals surface area (Å²) >= 11 is 0. The van der Waals surface area contributed by atoms with Gasteiger partial charge in [0.1, 0.15) is 17.4 Å². The van der Waals surface area contributed by atoms with Crippen molar-refractivity contribution in [2.24, 2.45) is 0 Å². The number of benzene rings is 2. The van der Waals surface area contributed by atoms with Crippen molar-refractivity contribution in [2.45, 2.75) is 47.5 Å². The van der Waals surface area contributed by atoms with Crippen LogP contribution < -0.4 is 11.1 Å². The van der Waals surface area contributed by atoms with Crippen LogP contribution in [0, 0.1) is 52.9 Å². The summed E-state index contributed by atoms with van der Waals surface area (Å²) in [5.41, 5.74) is 8.66. The summed E-state index contributed by atoms with van der Waals surface area (Å²) in [6.45, 7) is 11.5. The van der Waals surface area contributed by atoms with Crippen molar-refractivity contribution >= 4 is 0 Å². The van der Waals surface area contributed by atoms with E-state index in [1.54, 1.807) is 0 Å². The van der Waals surface area contributed by atoms with Crippen LogP contribution in [0.1, 0.15) is 62.0 Å². The van der Waals surface area contributed by atoms with E-state index in [-0.39, 0.29) is 11.1 Å². The number of rotatable bonds is 6. The normalized spacial score (nSPS) is 11.4. The average Bonchev–Trinajstić information content (AvgIpc) is 3.71. The highest BCUT2D eigenvalue weighted by atomic mass is 16.4. The van der Waals surface area contributed by atoms with Crippen LogP contribution in [0.3, 0.4) is 0 Å². The van der Waals surface area contributed by atoms with Gasteiger partial charge in [0.2, 0.25) is 5.88 Å². The number of aromatic amines is 4. The van der Waals surface area contributed by atoms with Gasteiger partial charge in [-0.25, -0.2) is 0 Å². The SMILES string of the molecule is Cc1ccc(-c2[nH][nH]c(=O)c2C(c2cc(C)n(-c3oc(C)c(C)c3C#N)c2C)c2c(-c3ccc(C)cc3)[nH][nH]c2=O)cc1. The van der Waals surface area contributed by atoms with Crippen LogP contribution in [0.5, 0.6) is 0 Å². The van der Waals surface area contributed by atoms with Gasteiger partial charge in [0.15, 0.2) is 0 Å². The zero-order valence-corrected chi connectivity index (χ0v) is 24.9. The lowest BCUT2D eigenvalue weighted by Crippen LogP contribution is -2.20. The fourth-order valence-corrected chi connectivity index (χ4v) is 5.93. The third-order valence-electron chi connectivity index (χ3n) is 8.35. The van der Waals surface area contributed by atoms with Gasteiger partial charge in [-0.2, -0.15) is 5.26 Å². The van der Waals surface area contributed by atoms with Gasteiger partial charge >= 0.3 is 0 Å². The van der Waals surface area contributed by atoms with E-state index in [1.165, 1.54) is 0 Å². The molecule has 4 N–H and O–H groups in total. The van der Waals surface area contributed by atoms with Gasteiger partial charge in [0, 0.05) is 17.0 Å². The fourth-order valence-electron chi connectivity index (χ4n) is 5.93. The number of H-pyrrole nitrogens is 4. The third-order valence-corrected chi connectivity index (χ3v) is 8.35. The van der Waals surface area contributed by atoms with Gasteiger partial charge in [0.25, 0.3) is 11.1 Å². The molecule has 0 amide bonds. The molecule has 216 valence electrons. The molecular formula is C34H32N6O3. The maximum atomic E-state index is 13.7. The van der Waals surface area contributed by atoms with E-state index < -0.39 is 5.92 Å². The maximum Gasteiger partial charge on any atom is 0.268 e. The second-order valence-corrected chi connectivity index (χ2v) is 11.1. The second-order valence-electron chi connectivity index (χ2n) is 11.1. The van der Waals surface area contributed by atoms with Crippen molar-refractivity contribution in [3.05, 3.63) is 131 Å². The summed E-state index contributed by atoms with van der Waals surface area (Å²) in [4.78, 5) is 27.5. The summed E-state index contributed by atoms with van der Waals surface area (Å²) in [5.74, 6) is 0.297. The van der Waals surface area contributed by atoms with E-state index in [9.17, 15) is 14.9 Å². The number of hydrogen-bond donors (Lipinski definition) is 4. The van der Waals surface area contributed by atoms with E-state index in [1.807, 2.05) is 101 Å². The molecule has 6 aromatic rings. The van der Waals surface area contributed by atoms with E-state index in [2.05, 4.69) is 26.5 Å². The zero-order chi connectivity index (χ0) is 30.6. The van der Waals surface area contributed by atoms with Crippen LogP contribution in [0.25, 0.3) is 28.4 Å². The molecule has 0 aliphatic carbocycles. The van der Waals surface area contributed by atoms with Crippen molar-refractivity contribution in [3.8, 4) is 34.5 Å². The van der Waals surface area contributed by atoms with E-state index in [4.69, 9.17) is 4.42 Å². The van der Waals surface area contributed by atoms with Crippen molar-refractivity contribution in [1.29, 1.82) is 5.26 Å². The lowest BCUT2D eigenvalue weighted by molar-refractivity contribution is 0.503. The first kappa shape index (κ1) is 27.7. The van der Waals surface area contributed by atoms with Gasteiger partial charge in [0.05, 0.1) is 28.4 Å². The van der Waals surface area contributed by atoms with Crippen LogP contribution >= 0.6 is 0 Å². The molecule has 0 saturated carbocycles. The summed E-state index contributed by atoms with van der Waals surface area (Å²) in [6.07, 6.45) is 0. The monoisotopic (exact) mass is 572 g/mol. The van der Waals surface area contributed by atoms with Gasteiger partial charge < -0.3 is 4.42 Å². The highest BCUT2D eigenvalue weighted by Gasteiger charge is 2.34. The van der Waals surface area contributed by atoms with Crippen molar-refractivity contribution in [2.75, 3.05) is 0 Å². The van der Waals surface area contributed by atoms with E-state index in [0.717, 1.165) is 44.8 Å². The summed E-state index contributed by atoms with van der Waals surface area (Å²) < 4.78 is 8.00. The minimum absolute atomic E-state index is 0.330. The molecule has 0 bridgehead atoms. The highest BCUT2D eigenvalue weighted by Crippen LogP contribution is 2.41. The topological polar surface area (TPSA) is 139 Å². The van der Waals surface area contributed by atoms with Crippen LogP contribution in [0.2, 0.25) is 0 Å². The average molecular weight is 573 g/mol. The first-order valence-electron chi connectivity index (χ1n) is 14.0. The Morgan fingerprint density at radius 2 is 1.23 bits per heavy atom. The molecule has 43 heavy (non-hydrogen) atoms. The first-order valence-corrected chi connectivity index (χ1v) is 14.0. The summed E-state index contributed by atoms with van der Waals surface area (Å²) in [5, 5.41) is 21.7. The molecular weight excluding hydrogens is 540 g/mol. The van der Waals surface area contributed by atoms with Crippen molar-refractivity contribution < 1.29 is 4.42 Å². The third kappa shape index (κ3) is 4.48. The van der Waals surface area contributed by atoms with Crippen molar-refractivity contribution in [3.63, 3.8) is 0 Å². The molecule has 2 aromatic carbocycles. The quantitative estimate of drug-likeness (QED) is 0.185. The van der Waals surface area contributed by atoms with Crippen LogP contribution in [0.4, 0.5) is 0 Å². The lowest BCUT2D eigenvalue weighted by Gasteiger charge is -2.18. The highest BCUT2D eigenvalue weighted by molar-refractivity contribution is 5.71. The predicted molar refractivity (Wildman–Crippen MR) is 166 cm³/mol. The van der Waals surface area contributed by atoms with Crippen LogP contribution in [0.15, 0.2) is 68.6 Å². The minimum atomic E-state index is -0.778. The molecule has 0 spiro atoms. The molecule has 0 radical (unpaired) electrons. The molecule has 9 heteroatoms. The molecule has 4 aromatic heterocycles. The Balaban J connectivity index is 1.68. The maximum absolute atomic E-state index is 13.7. The Kier molecular flexibility index (Phi) is 6.70. The Morgan fingerprint density at radius 1 is 0.744 bits per heavy atom. The summed E-state index contributed by atoms with van der Waals surface area (Å²) in [7, 11) is 0. The van der Waals surface area contributed by atoms with E-state index in [0.29, 0.717) is 39.7 Å². The molecule has 0 fully saturated rings. The predicted octanol–water partition coefficient (Wildman–Crippen LogP) is 6.34. The number of furan rings is 1. The molecule has 9 nitrogen and oxygen atoms in total. The van der Waals surface area contributed by atoms with Gasteiger partial charge in [-0.05, 0) is 64.3 Å².